The smallest absolute Gasteiger partial charge is 0.350 e. The van der Waals surface area contributed by atoms with Crippen molar-refractivity contribution >= 4 is 17.6 Å². The van der Waals surface area contributed by atoms with Gasteiger partial charge >= 0.3 is 5.97 Å². The molecule has 0 spiro atoms. The fourth-order valence-electron chi connectivity index (χ4n) is 2.44. The Balaban J connectivity index is 2.12. The van der Waals surface area contributed by atoms with E-state index in [0.29, 0.717) is 11.3 Å². The second kappa shape index (κ2) is 6.36. The Kier molecular flexibility index (Phi) is 4.27. The van der Waals surface area contributed by atoms with Crippen molar-refractivity contribution < 1.29 is 20.9 Å². The first-order valence-electron chi connectivity index (χ1n) is 7.90. The van der Waals surface area contributed by atoms with Crippen LogP contribution in [0.4, 0.5) is 0 Å². The van der Waals surface area contributed by atoms with Crippen molar-refractivity contribution in [3.8, 4) is 0 Å². The number of primary amides is 1. The van der Waals surface area contributed by atoms with Gasteiger partial charge in [-0.2, -0.15) is 0 Å². The molecule has 2 atom stereocenters. The lowest BCUT2D eigenvalue weighted by atomic mass is 9.69. The van der Waals surface area contributed by atoms with Gasteiger partial charge in [0.05, 0.1) is 5.71 Å². The SMILES string of the molecule is [2H]NC(=O)c1ccnc(C2CCC2/C(C)=N/OC(C)(C)C(=O)O)c1. The summed E-state index contributed by atoms with van der Waals surface area (Å²) >= 11 is 0. The summed E-state index contributed by atoms with van der Waals surface area (Å²) in [5.41, 5.74) is 2.32. The zero-order chi connectivity index (χ0) is 17.9. The second-order valence-electron chi connectivity index (χ2n) is 6.23. The summed E-state index contributed by atoms with van der Waals surface area (Å²) in [6.45, 7) is 4.68. The van der Waals surface area contributed by atoms with Crippen LogP contribution in [0.3, 0.4) is 0 Å². The number of carboxylic acid groups (broad SMARTS) is 1. The van der Waals surface area contributed by atoms with Crippen LogP contribution in [-0.4, -0.2) is 33.3 Å². The summed E-state index contributed by atoms with van der Waals surface area (Å²) in [7, 11) is 0. The van der Waals surface area contributed by atoms with Crippen molar-refractivity contribution in [1.29, 1.82) is 0 Å². The molecule has 1 aromatic heterocycles. The van der Waals surface area contributed by atoms with Crippen molar-refractivity contribution in [1.82, 2.24) is 4.98 Å². The predicted octanol–water partition coefficient (Wildman–Crippen LogP) is 1.93. The van der Waals surface area contributed by atoms with Crippen LogP contribution in [0.15, 0.2) is 23.5 Å². The van der Waals surface area contributed by atoms with Gasteiger partial charge < -0.3 is 15.7 Å². The van der Waals surface area contributed by atoms with Gasteiger partial charge in [0.25, 0.3) is 0 Å². The Hall–Kier alpha value is -2.44. The van der Waals surface area contributed by atoms with Crippen molar-refractivity contribution in [3.63, 3.8) is 0 Å². The summed E-state index contributed by atoms with van der Waals surface area (Å²) in [6.07, 6.45) is 3.35. The molecule has 0 radical (unpaired) electrons. The number of rotatable bonds is 6. The normalized spacial score (nSPS) is 21.9. The molecule has 1 saturated carbocycles. The van der Waals surface area contributed by atoms with Crippen molar-refractivity contribution in [3.05, 3.63) is 29.6 Å². The number of nitrogens with zero attached hydrogens (tertiary/aromatic N) is 2. The molecule has 1 fully saturated rings. The molecule has 2 unspecified atom stereocenters. The third kappa shape index (κ3) is 3.67. The Morgan fingerprint density at radius 3 is 2.83 bits per heavy atom. The van der Waals surface area contributed by atoms with Gasteiger partial charge in [-0.05, 0) is 45.7 Å². The van der Waals surface area contributed by atoms with Gasteiger partial charge in [0, 0.05) is 29.3 Å². The number of carbonyl (C=O) groups is 2. The van der Waals surface area contributed by atoms with Gasteiger partial charge in [-0.1, -0.05) is 5.16 Å². The van der Waals surface area contributed by atoms with Crippen LogP contribution in [0.1, 0.15) is 55.6 Å². The molecule has 7 heteroatoms. The van der Waals surface area contributed by atoms with Crippen molar-refractivity contribution in [2.45, 2.75) is 45.1 Å². The molecule has 2 rings (SSSR count). The van der Waals surface area contributed by atoms with Crippen LogP contribution in [0.5, 0.6) is 0 Å². The first-order chi connectivity index (χ1) is 11.3. The fraction of sp³-hybridized carbons (Fsp3) is 0.500. The zero-order valence-corrected chi connectivity index (χ0v) is 13.4. The van der Waals surface area contributed by atoms with Gasteiger partial charge in [0.15, 0.2) is 1.41 Å². The predicted molar refractivity (Wildman–Crippen MR) is 84.1 cm³/mol. The van der Waals surface area contributed by atoms with Crippen LogP contribution in [-0.2, 0) is 9.63 Å². The highest BCUT2D eigenvalue weighted by atomic mass is 16.7. The third-order valence-corrected chi connectivity index (χ3v) is 4.17. The third-order valence-electron chi connectivity index (χ3n) is 4.17. The maximum Gasteiger partial charge on any atom is 0.350 e. The highest BCUT2D eigenvalue weighted by molar-refractivity contribution is 5.93. The molecule has 3 N–H and O–H groups in total. The standard InChI is InChI=1S/C16H21N3O4/c1-9(19-23-16(2,3)15(21)22)11-4-5-12(11)13-8-10(14(17)20)6-7-18-13/h6-8,11-12H,4-5H2,1-3H3,(H2,17,20)(H,21,22)/b19-9+/i/hD. The summed E-state index contributed by atoms with van der Waals surface area (Å²) in [5.74, 6) is -1.37. The van der Waals surface area contributed by atoms with Crippen molar-refractivity contribution in [2.24, 2.45) is 16.8 Å². The summed E-state index contributed by atoms with van der Waals surface area (Å²) in [5, 5.41) is 13.0. The van der Waals surface area contributed by atoms with Crippen LogP contribution >= 0.6 is 0 Å². The average Bonchev–Trinajstić information content (AvgIpc) is 2.51. The molecule has 0 bridgehead atoms. The maximum absolute atomic E-state index is 11.6. The van der Waals surface area contributed by atoms with Gasteiger partial charge in [0.2, 0.25) is 11.5 Å². The molecule has 1 aliphatic carbocycles. The van der Waals surface area contributed by atoms with E-state index in [1.54, 1.807) is 25.3 Å². The molecule has 23 heavy (non-hydrogen) atoms. The highest BCUT2D eigenvalue weighted by Gasteiger charge is 2.36. The van der Waals surface area contributed by atoms with E-state index in [2.05, 4.69) is 10.1 Å². The van der Waals surface area contributed by atoms with E-state index in [4.69, 9.17) is 11.4 Å². The maximum atomic E-state index is 11.6. The molecular formula is C16H21N3O4. The molecule has 124 valence electrons. The molecule has 7 nitrogen and oxygen atoms in total. The van der Waals surface area contributed by atoms with E-state index in [0.717, 1.165) is 18.5 Å². The Labute approximate surface area is 136 Å². The van der Waals surface area contributed by atoms with E-state index in [1.165, 1.54) is 13.8 Å². The number of hydrogen-bond acceptors (Lipinski definition) is 5. The molecule has 1 heterocycles. The quantitative estimate of drug-likeness (QED) is 0.614. The lowest BCUT2D eigenvalue weighted by Gasteiger charge is -2.36. The minimum absolute atomic E-state index is 0.0939. The Bertz CT molecular complexity index is 675. The van der Waals surface area contributed by atoms with E-state index >= 15 is 0 Å². The number of aromatic nitrogens is 1. The molecule has 1 amide bonds. The summed E-state index contributed by atoms with van der Waals surface area (Å²) in [6, 6.07) is 3.23. The lowest BCUT2D eigenvalue weighted by Crippen LogP contribution is -2.35. The van der Waals surface area contributed by atoms with Crippen molar-refractivity contribution in [2.75, 3.05) is 0 Å². The number of aliphatic carboxylic acids is 1. The molecule has 1 aliphatic rings. The largest absolute Gasteiger partial charge is 0.478 e. The molecule has 0 aliphatic heterocycles. The van der Waals surface area contributed by atoms with E-state index in [1.807, 2.05) is 5.73 Å². The number of oxime groups is 1. The van der Waals surface area contributed by atoms with Gasteiger partial charge in [-0.15, -0.1) is 0 Å². The van der Waals surface area contributed by atoms with E-state index in [-0.39, 0.29) is 11.8 Å². The van der Waals surface area contributed by atoms with Gasteiger partial charge in [-0.3, -0.25) is 9.78 Å². The average molecular weight is 320 g/mol. The van der Waals surface area contributed by atoms with Gasteiger partial charge in [-0.25, -0.2) is 4.79 Å². The monoisotopic (exact) mass is 320 g/mol. The molecular weight excluding hydrogens is 298 g/mol. The minimum atomic E-state index is -1.38. The van der Waals surface area contributed by atoms with E-state index in [9.17, 15) is 9.59 Å². The first kappa shape index (κ1) is 15.5. The molecule has 0 saturated heterocycles. The number of nitrogens with two attached hydrogens (primary N) is 1. The fourth-order valence-corrected chi connectivity index (χ4v) is 2.44. The summed E-state index contributed by atoms with van der Waals surface area (Å²) in [4.78, 5) is 32.1. The lowest BCUT2D eigenvalue weighted by molar-refractivity contribution is -0.161. The first-order valence-corrected chi connectivity index (χ1v) is 7.40. The Morgan fingerprint density at radius 1 is 1.52 bits per heavy atom. The zero-order valence-electron chi connectivity index (χ0n) is 14.4. The number of carboxylic acids is 1. The number of pyridine rings is 1. The van der Waals surface area contributed by atoms with Gasteiger partial charge in [0.1, 0.15) is 0 Å². The summed E-state index contributed by atoms with van der Waals surface area (Å²) < 4.78 is 6.93. The number of hydrogen-bond donors (Lipinski definition) is 2. The van der Waals surface area contributed by atoms with E-state index < -0.39 is 17.5 Å². The second-order valence-corrected chi connectivity index (χ2v) is 6.23. The highest BCUT2D eigenvalue weighted by Crippen LogP contribution is 2.42. The van der Waals surface area contributed by atoms with Crippen LogP contribution in [0, 0.1) is 5.92 Å². The number of amides is 1. The number of carbonyl (C=O) groups excluding carboxylic acids is 1. The molecule has 1 aromatic rings. The Morgan fingerprint density at radius 2 is 2.26 bits per heavy atom. The van der Waals surface area contributed by atoms with Crippen LogP contribution in [0.25, 0.3) is 0 Å². The van der Waals surface area contributed by atoms with Crippen LogP contribution in [0.2, 0.25) is 1.41 Å². The van der Waals surface area contributed by atoms with Crippen LogP contribution < -0.4 is 5.73 Å². The molecule has 0 aromatic carbocycles. The minimum Gasteiger partial charge on any atom is -0.478 e. The topological polar surface area (TPSA) is 115 Å².